The van der Waals surface area contributed by atoms with E-state index in [4.69, 9.17) is 0 Å². The summed E-state index contributed by atoms with van der Waals surface area (Å²) in [6.07, 6.45) is 4.52. The molecular weight excluding hydrogens is 256 g/mol. The Morgan fingerprint density at radius 3 is 2.89 bits per heavy atom. The summed E-state index contributed by atoms with van der Waals surface area (Å²) in [6, 6.07) is 10.3. The molecule has 2 atom stereocenters. The molecule has 1 aromatic heterocycles. The lowest BCUT2D eigenvalue weighted by molar-refractivity contribution is 0.630. The number of nitrogens with zero attached hydrogens (tertiary/aromatic N) is 1. The SMILES string of the molecule is CC(CCNCc1cccc2cccnc12)S(C)=O. The molecule has 0 radical (unpaired) electrons. The Morgan fingerprint density at radius 1 is 1.32 bits per heavy atom. The van der Waals surface area contributed by atoms with Crippen LogP contribution in [0.5, 0.6) is 0 Å². The second kappa shape index (κ2) is 6.78. The fourth-order valence-corrected chi connectivity index (χ4v) is 2.45. The molecular formula is C15H20N2OS. The topological polar surface area (TPSA) is 42.0 Å². The fourth-order valence-electron chi connectivity index (χ4n) is 2.00. The Kier molecular flexibility index (Phi) is 5.05. The summed E-state index contributed by atoms with van der Waals surface area (Å²) in [4.78, 5) is 4.43. The molecule has 0 aliphatic rings. The van der Waals surface area contributed by atoms with Gasteiger partial charge < -0.3 is 5.32 Å². The number of pyridine rings is 1. The van der Waals surface area contributed by atoms with Crippen molar-refractivity contribution in [2.45, 2.75) is 25.1 Å². The average Bonchev–Trinajstić information content (AvgIpc) is 2.43. The van der Waals surface area contributed by atoms with Gasteiger partial charge in [0, 0.05) is 40.4 Å². The minimum atomic E-state index is -0.733. The number of para-hydroxylation sites is 1. The van der Waals surface area contributed by atoms with Crippen LogP contribution in [0, 0.1) is 0 Å². The van der Waals surface area contributed by atoms with Crippen molar-refractivity contribution < 1.29 is 4.21 Å². The van der Waals surface area contributed by atoms with Crippen LogP contribution in [-0.4, -0.2) is 27.2 Å². The Labute approximate surface area is 116 Å². The van der Waals surface area contributed by atoms with E-state index in [0.717, 1.165) is 25.0 Å². The summed E-state index contributed by atoms with van der Waals surface area (Å²) in [5.41, 5.74) is 2.27. The van der Waals surface area contributed by atoms with Crippen LogP contribution >= 0.6 is 0 Å². The molecule has 19 heavy (non-hydrogen) atoms. The van der Waals surface area contributed by atoms with Crippen molar-refractivity contribution >= 4 is 21.7 Å². The van der Waals surface area contributed by atoms with E-state index in [1.165, 1.54) is 10.9 Å². The molecule has 0 saturated carbocycles. The van der Waals surface area contributed by atoms with Gasteiger partial charge >= 0.3 is 0 Å². The largest absolute Gasteiger partial charge is 0.313 e. The van der Waals surface area contributed by atoms with Crippen molar-refractivity contribution in [3.05, 3.63) is 42.1 Å². The van der Waals surface area contributed by atoms with Crippen LogP contribution in [0.25, 0.3) is 10.9 Å². The Hall–Kier alpha value is -1.26. The van der Waals surface area contributed by atoms with Crippen molar-refractivity contribution in [3.63, 3.8) is 0 Å². The quantitative estimate of drug-likeness (QED) is 0.824. The first-order chi connectivity index (χ1) is 9.18. The van der Waals surface area contributed by atoms with Crippen molar-refractivity contribution in [2.24, 2.45) is 0 Å². The van der Waals surface area contributed by atoms with Crippen molar-refractivity contribution in [2.75, 3.05) is 12.8 Å². The highest BCUT2D eigenvalue weighted by molar-refractivity contribution is 7.84. The molecule has 0 saturated heterocycles. The fraction of sp³-hybridized carbons (Fsp3) is 0.400. The van der Waals surface area contributed by atoms with Crippen LogP contribution in [0.15, 0.2) is 36.5 Å². The molecule has 3 nitrogen and oxygen atoms in total. The first-order valence-corrected chi connectivity index (χ1v) is 8.16. The summed E-state index contributed by atoms with van der Waals surface area (Å²) in [7, 11) is -0.733. The third kappa shape index (κ3) is 3.85. The second-order valence-electron chi connectivity index (χ2n) is 4.77. The number of fused-ring (bicyclic) bond motifs is 1. The Bertz CT molecular complexity index is 566. The van der Waals surface area contributed by atoms with E-state index in [1.807, 2.05) is 19.2 Å². The van der Waals surface area contributed by atoms with E-state index < -0.39 is 10.8 Å². The first kappa shape index (κ1) is 14.2. The molecule has 0 aliphatic heterocycles. The number of hydrogen-bond donors (Lipinski definition) is 1. The first-order valence-electron chi connectivity index (χ1n) is 6.54. The highest BCUT2D eigenvalue weighted by atomic mass is 32.2. The molecule has 2 aromatic rings. The van der Waals surface area contributed by atoms with Gasteiger partial charge in [-0.25, -0.2) is 0 Å². The molecule has 1 heterocycles. The van der Waals surface area contributed by atoms with Gasteiger partial charge in [0.05, 0.1) is 5.52 Å². The van der Waals surface area contributed by atoms with E-state index in [0.29, 0.717) is 0 Å². The van der Waals surface area contributed by atoms with Crippen LogP contribution < -0.4 is 5.32 Å². The van der Waals surface area contributed by atoms with Crippen molar-refractivity contribution in [3.8, 4) is 0 Å². The molecule has 0 bridgehead atoms. The summed E-state index contributed by atoms with van der Waals surface area (Å²) in [5, 5.41) is 4.82. The average molecular weight is 276 g/mol. The monoisotopic (exact) mass is 276 g/mol. The number of rotatable bonds is 6. The van der Waals surface area contributed by atoms with Crippen LogP contribution in [0.2, 0.25) is 0 Å². The Morgan fingerprint density at radius 2 is 2.11 bits per heavy atom. The molecule has 2 unspecified atom stereocenters. The number of nitrogens with one attached hydrogen (secondary N) is 1. The molecule has 0 spiro atoms. The van der Waals surface area contributed by atoms with E-state index in [1.54, 1.807) is 6.26 Å². The molecule has 4 heteroatoms. The zero-order chi connectivity index (χ0) is 13.7. The minimum absolute atomic E-state index is 0.248. The molecule has 1 aromatic carbocycles. The number of hydrogen-bond acceptors (Lipinski definition) is 3. The zero-order valence-electron chi connectivity index (χ0n) is 11.4. The van der Waals surface area contributed by atoms with Crippen LogP contribution in [-0.2, 0) is 17.3 Å². The molecule has 0 aliphatic carbocycles. The van der Waals surface area contributed by atoms with Crippen molar-refractivity contribution in [1.82, 2.24) is 10.3 Å². The highest BCUT2D eigenvalue weighted by Crippen LogP contribution is 2.15. The van der Waals surface area contributed by atoms with E-state index in [-0.39, 0.29) is 5.25 Å². The number of aromatic nitrogens is 1. The van der Waals surface area contributed by atoms with Gasteiger partial charge in [-0.2, -0.15) is 0 Å². The zero-order valence-corrected chi connectivity index (χ0v) is 12.2. The van der Waals surface area contributed by atoms with E-state index in [9.17, 15) is 4.21 Å². The van der Waals surface area contributed by atoms with Crippen LogP contribution in [0.1, 0.15) is 18.9 Å². The maximum atomic E-state index is 11.3. The molecule has 0 amide bonds. The predicted octanol–water partition coefficient (Wildman–Crippen LogP) is 2.48. The maximum absolute atomic E-state index is 11.3. The molecule has 0 fully saturated rings. The van der Waals surface area contributed by atoms with E-state index >= 15 is 0 Å². The minimum Gasteiger partial charge on any atom is -0.313 e. The lowest BCUT2D eigenvalue weighted by Gasteiger charge is -2.10. The van der Waals surface area contributed by atoms with Gasteiger partial charge in [-0.1, -0.05) is 31.2 Å². The molecule has 102 valence electrons. The predicted molar refractivity (Wildman–Crippen MR) is 81.6 cm³/mol. The number of benzene rings is 1. The molecule has 2 rings (SSSR count). The van der Waals surface area contributed by atoms with Gasteiger partial charge in [0.15, 0.2) is 0 Å². The highest BCUT2D eigenvalue weighted by Gasteiger charge is 2.05. The summed E-state index contributed by atoms with van der Waals surface area (Å²) < 4.78 is 11.3. The van der Waals surface area contributed by atoms with Gasteiger partial charge in [0.1, 0.15) is 0 Å². The summed E-state index contributed by atoms with van der Waals surface area (Å²) in [5.74, 6) is 0. The van der Waals surface area contributed by atoms with Crippen molar-refractivity contribution in [1.29, 1.82) is 0 Å². The third-order valence-corrected chi connectivity index (χ3v) is 4.69. The maximum Gasteiger partial charge on any atom is 0.0746 e. The normalized spacial score (nSPS) is 14.4. The smallest absolute Gasteiger partial charge is 0.0746 e. The summed E-state index contributed by atoms with van der Waals surface area (Å²) >= 11 is 0. The van der Waals surface area contributed by atoms with Gasteiger partial charge in [-0.3, -0.25) is 9.19 Å². The van der Waals surface area contributed by atoms with Crippen LogP contribution in [0.4, 0.5) is 0 Å². The molecule has 1 N–H and O–H groups in total. The third-order valence-electron chi connectivity index (χ3n) is 3.33. The van der Waals surface area contributed by atoms with E-state index in [2.05, 4.69) is 34.6 Å². The van der Waals surface area contributed by atoms with Gasteiger partial charge in [-0.15, -0.1) is 0 Å². The summed E-state index contributed by atoms with van der Waals surface area (Å²) in [6.45, 7) is 3.71. The lowest BCUT2D eigenvalue weighted by Crippen LogP contribution is -2.21. The lowest BCUT2D eigenvalue weighted by atomic mass is 10.1. The van der Waals surface area contributed by atoms with Gasteiger partial charge in [0.2, 0.25) is 0 Å². The standard InChI is InChI=1S/C15H20N2OS/c1-12(19(2)18)8-10-16-11-14-6-3-5-13-7-4-9-17-15(13)14/h3-7,9,12,16H,8,10-11H2,1-2H3. The second-order valence-corrected chi connectivity index (χ2v) is 6.57. The van der Waals surface area contributed by atoms with Gasteiger partial charge in [0.25, 0.3) is 0 Å². The van der Waals surface area contributed by atoms with Gasteiger partial charge in [-0.05, 0) is 24.6 Å². The Balaban J connectivity index is 1.93. The van der Waals surface area contributed by atoms with Crippen LogP contribution in [0.3, 0.4) is 0 Å².